The van der Waals surface area contributed by atoms with Crippen molar-refractivity contribution >= 4 is 41.6 Å². The molecule has 0 aromatic heterocycles. The zero-order chi connectivity index (χ0) is 21.8. The average Bonchev–Trinajstić information content (AvgIpc) is 2.75. The normalized spacial score (nSPS) is 18.0. The number of nitrogens with one attached hydrogen (secondary N) is 1. The van der Waals surface area contributed by atoms with Crippen molar-refractivity contribution in [3.63, 3.8) is 0 Å². The molecule has 0 spiro atoms. The van der Waals surface area contributed by atoms with Crippen LogP contribution in [0.25, 0.3) is 0 Å². The van der Waals surface area contributed by atoms with Crippen molar-refractivity contribution < 1.29 is 33.2 Å². The maximum atomic E-state index is 13.0. The molecule has 0 saturated heterocycles. The third-order valence-corrected chi connectivity index (χ3v) is 4.57. The van der Waals surface area contributed by atoms with Crippen LogP contribution >= 0.6 is 0 Å². The first-order chi connectivity index (χ1) is 14.4. The van der Waals surface area contributed by atoms with Gasteiger partial charge in [-0.15, -0.1) is 4.99 Å². The average molecular weight is 413 g/mol. The monoisotopic (exact) mass is 413 g/mol. The largest absolute Gasteiger partial charge is 0.497 e. The number of dihydropyridines is 1. The lowest BCUT2D eigenvalue weighted by Crippen LogP contribution is -2.56. The number of allylic oxidation sites excluding steroid dienone is 1. The molecule has 0 radical (unpaired) electrons. The van der Waals surface area contributed by atoms with Crippen molar-refractivity contribution in [3.05, 3.63) is 41.7 Å². The number of hydrogen-bond acceptors (Lipinski definition) is 7. The molecule has 2 heterocycles. The molecule has 0 fully saturated rings. The molecule has 30 heavy (non-hydrogen) atoms. The van der Waals surface area contributed by atoms with Crippen LogP contribution in [0.15, 0.2) is 41.1 Å². The van der Waals surface area contributed by atoms with Crippen molar-refractivity contribution in [1.29, 1.82) is 0 Å². The van der Waals surface area contributed by atoms with Crippen LogP contribution in [-0.2, 0) is 19.1 Å². The molecule has 1 unspecified atom stereocenters. The molecule has 1 N–H and O–H groups in total. The van der Waals surface area contributed by atoms with E-state index < -0.39 is 36.3 Å². The molecule has 2 aliphatic rings. The summed E-state index contributed by atoms with van der Waals surface area (Å²) in [4.78, 5) is 54.6. The smallest absolute Gasteiger partial charge is 0.446 e. The molecule has 1 aromatic carbocycles. The molecule has 156 valence electrons. The second kappa shape index (κ2) is 8.68. The first kappa shape index (κ1) is 20.9. The number of amides is 4. The molecule has 3 rings (SSSR count). The van der Waals surface area contributed by atoms with Gasteiger partial charge in [0.1, 0.15) is 12.0 Å². The summed E-state index contributed by atoms with van der Waals surface area (Å²) in [7, 11) is 2.76. The Morgan fingerprint density at radius 2 is 1.93 bits per heavy atom. The number of imide groups is 1. The van der Waals surface area contributed by atoms with Crippen LogP contribution in [0.3, 0.4) is 0 Å². The van der Waals surface area contributed by atoms with E-state index >= 15 is 0 Å². The van der Waals surface area contributed by atoms with Gasteiger partial charge in [0.25, 0.3) is 11.7 Å². The Labute approximate surface area is 172 Å². The highest BCUT2D eigenvalue weighted by Gasteiger charge is 2.50. The topological polar surface area (TPSA) is 117 Å². The Kier molecular flexibility index (Phi) is 6.05. The van der Waals surface area contributed by atoms with Crippen molar-refractivity contribution in [2.75, 3.05) is 32.6 Å². The number of rotatable bonds is 6. The number of methoxy groups -OCH3 is 1. The molecule has 1 aromatic rings. The lowest BCUT2D eigenvalue weighted by Gasteiger charge is -2.28. The first-order valence-corrected chi connectivity index (χ1v) is 9.18. The first-order valence-electron chi connectivity index (χ1n) is 9.18. The van der Waals surface area contributed by atoms with Crippen LogP contribution in [0.4, 0.5) is 10.5 Å². The van der Waals surface area contributed by atoms with Crippen molar-refractivity contribution in [1.82, 2.24) is 4.90 Å². The van der Waals surface area contributed by atoms with Gasteiger partial charge in [0, 0.05) is 11.8 Å². The molecule has 0 bridgehead atoms. The van der Waals surface area contributed by atoms with E-state index in [1.54, 1.807) is 13.0 Å². The summed E-state index contributed by atoms with van der Waals surface area (Å²) < 4.78 is 11.4. The number of carbonyl (C=O) groups is 4. The molecule has 10 heteroatoms. The highest BCUT2D eigenvalue weighted by atomic mass is 16.5. The van der Waals surface area contributed by atoms with Gasteiger partial charge in [0.2, 0.25) is 0 Å². The summed E-state index contributed by atoms with van der Waals surface area (Å²) in [6, 6.07) is 5.37. The quantitative estimate of drug-likeness (QED) is 0.550. The van der Waals surface area contributed by atoms with Crippen LogP contribution in [0.1, 0.15) is 17.3 Å². The van der Waals surface area contributed by atoms with E-state index in [2.05, 4.69) is 15.0 Å². The fourth-order valence-electron chi connectivity index (χ4n) is 3.12. The zero-order valence-electron chi connectivity index (χ0n) is 16.7. The van der Waals surface area contributed by atoms with Crippen LogP contribution in [0.2, 0.25) is 0 Å². The number of anilines is 1. The highest BCUT2D eigenvalue weighted by molar-refractivity contribution is 6.16. The van der Waals surface area contributed by atoms with Crippen molar-refractivity contribution in [3.8, 4) is 0 Å². The van der Waals surface area contributed by atoms with Crippen LogP contribution in [0, 0.1) is 5.92 Å². The van der Waals surface area contributed by atoms with Crippen LogP contribution < -0.4 is 5.32 Å². The third kappa shape index (κ3) is 3.97. The van der Waals surface area contributed by atoms with Crippen LogP contribution in [-0.4, -0.2) is 72.6 Å². The number of amidine groups is 1. The van der Waals surface area contributed by atoms with Gasteiger partial charge in [-0.1, -0.05) is 0 Å². The Morgan fingerprint density at radius 1 is 1.23 bits per heavy atom. The number of aliphatic imine (C=N–C) groups is 1. The lowest BCUT2D eigenvalue weighted by molar-refractivity contribution is -0.408. The summed E-state index contributed by atoms with van der Waals surface area (Å²) in [6.07, 6.45) is 3.04. The Balaban J connectivity index is 1.75. The summed E-state index contributed by atoms with van der Waals surface area (Å²) in [5.74, 6) is -1.91. The number of fused-ring (bicyclic) bond motifs is 1. The third-order valence-electron chi connectivity index (χ3n) is 4.57. The summed E-state index contributed by atoms with van der Waals surface area (Å²) in [5, 5.41) is 2.60. The maximum absolute atomic E-state index is 13.0. The van der Waals surface area contributed by atoms with Gasteiger partial charge in [-0.3, -0.25) is 9.59 Å². The number of carbonyl (C=O) groups excluding carboxylic acids is 4. The van der Waals surface area contributed by atoms with Crippen LogP contribution in [0.5, 0.6) is 0 Å². The standard InChI is InChI=1S/C20H20N4O6/c1-4-30-14-9-10-21-17-16(14)18(26)24(20(28)23(17)2)11-15(25)22-13-7-5-12(6-8-13)19(27)29-3/h5-10,16H,4,11H2,1-3H3/p+1. The summed E-state index contributed by atoms with van der Waals surface area (Å²) >= 11 is 0. The maximum Gasteiger partial charge on any atom is 0.446 e. The van der Waals surface area contributed by atoms with Gasteiger partial charge < -0.3 is 14.8 Å². The minimum Gasteiger partial charge on any atom is -0.497 e. The van der Waals surface area contributed by atoms with E-state index in [-0.39, 0.29) is 5.84 Å². The number of nitrogens with zero attached hydrogens (tertiary/aromatic N) is 3. The number of benzene rings is 1. The fourth-order valence-corrected chi connectivity index (χ4v) is 3.12. The van der Waals surface area contributed by atoms with E-state index in [0.29, 0.717) is 23.6 Å². The number of urea groups is 1. The molecule has 1 atom stereocenters. The van der Waals surface area contributed by atoms with Crippen molar-refractivity contribution in [2.45, 2.75) is 6.92 Å². The van der Waals surface area contributed by atoms with E-state index in [9.17, 15) is 19.2 Å². The Bertz CT molecular complexity index is 993. The number of ether oxygens (including phenoxy) is 2. The predicted octanol–water partition coefficient (Wildman–Crippen LogP) is 1.04. The van der Waals surface area contributed by atoms with Gasteiger partial charge in [-0.2, -0.15) is 9.48 Å². The van der Waals surface area contributed by atoms with E-state index in [4.69, 9.17) is 4.74 Å². The minimum absolute atomic E-state index is 0.256. The summed E-state index contributed by atoms with van der Waals surface area (Å²) in [5.41, 5.74) is 0.733. The van der Waals surface area contributed by atoms with Gasteiger partial charge in [0.15, 0.2) is 12.5 Å². The molecule has 0 saturated carbocycles. The minimum atomic E-state index is -0.884. The summed E-state index contributed by atoms with van der Waals surface area (Å²) in [6.45, 7) is 1.65. The Morgan fingerprint density at radius 3 is 2.57 bits per heavy atom. The molecule has 2 aliphatic heterocycles. The molecular weight excluding hydrogens is 392 g/mol. The van der Waals surface area contributed by atoms with Gasteiger partial charge in [0.05, 0.1) is 26.3 Å². The second-order valence-corrected chi connectivity index (χ2v) is 6.45. The molecular formula is C20H21N4O6+. The van der Waals surface area contributed by atoms with Gasteiger partial charge in [-0.05, 0) is 31.2 Å². The fraction of sp³-hybridized carbons (Fsp3) is 0.300. The number of esters is 1. The predicted molar refractivity (Wildman–Crippen MR) is 106 cm³/mol. The SMILES string of the molecule is CCOC1=CC=NC2=[N+](C)C(=O)N(CC(=O)Nc3ccc(C(=O)OC)cc3)C(=O)C12. The second-order valence-electron chi connectivity index (χ2n) is 6.45. The molecule has 4 amide bonds. The van der Waals surface area contributed by atoms with Crippen molar-refractivity contribution in [2.24, 2.45) is 10.9 Å². The Hall–Kier alpha value is -3.82. The molecule has 10 nitrogen and oxygen atoms in total. The van der Waals surface area contributed by atoms with E-state index in [1.165, 1.54) is 49.2 Å². The zero-order valence-corrected chi connectivity index (χ0v) is 16.7. The van der Waals surface area contributed by atoms with E-state index in [1.807, 2.05) is 0 Å². The van der Waals surface area contributed by atoms with E-state index in [0.717, 1.165) is 4.90 Å². The number of hydrogen-bond donors (Lipinski definition) is 1. The lowest BCUT2D eigenvalue weighted by atomic mass is 9.99. The molecule has 0 aliphatic carbocycles. The van der Waals surface area contributed by atoms with Gasteiger partial charge >= 0.3 is 17.9 Å². The highest BCUT2D eigenvalue weighted by Crippen LogP contribution is 2.25. The van der Waals surface area contributed by atoms with Gasteiger partial charge in [-0.25, -0.2) is 9.59 Å².